The largest absolute Gasteiger partial charge is 0.389 e. The minimum Gasteiger partial charge on any atom is -0.389 e. The molecule has 1 aromatic carbocycles. The first-order valence-electron chi connectivity index (χ1n) is 5.75. The Morgan fingerprint density at radius 1 is 1.29 bits per heavy atom. The lowest BCUT2D eigenvalue weighted by atomic mass is 10.0. The number of β-amino-alcohol motifs (C(OH)–C–C–N with tert-alkyl or cyclic N) is 2. The summed E-state index contributed by atoms with van der Waals surface area (Å²) < 4.78 is 0. The zero-order valence-corrected chi connectivity index (χ0v) is 9.84. The molecule has 1 aromatic rings. The standard InChI is InChI=1S/C13H17NO3/c1-9-4-2-3-5-10(9)11(15)6-14-7-12(16)13(17)8-14/h2-5,12-13,16-17H,6-8H2,1H3. The van der Waals surface area contributed by atoms with Crippen LogP contribution in [0, 0.1) is 6.92 Å². The molecule has 1 saturated heterocycles. The molecule has 0 radical (unpaired) electrons. The van der Waals surface area contributed by atoms with Crippen molar-refractivity contribution in [2.75, 3.05) is 19.6 Å². The van der Waals surface area contributed by atoms with Crippen LogP contribution in [0.5, 0.6) is 0 Å². The third-order valence-corrected chi connectivity index (χ3v) is 3.15. The lowest BCUT2D eigenvalue weighted by Crippen LogP contribution is -2.29. The van der Waals surface area contributed by atoms with Gasteiger partial charge in [0.05, 0.1) is 18.8 Å². The van der Waals surface area contributed by atoms with Crippen LogP contribution in [0.4, 0.5) is 0 Å². The van der Waals surface area contributed by atoms with Gasteiger partial charge in [0.2, 0.25) is 0 Å². The van der Waals surface area contributed by atoms with E-state index in [1.807, 2.05) is 25.1 Å². The first-order valence-corrected chi connectivity index (χ1v) is 5.75. The fourth-order valence-electron chi connectivity index (χ4n) is 2.15. The molecule has 0 spiro atoms. The van der Waals surface area contributed by atoms with Crippen molar-refractivity contribution in [3.8, 4) is 0 Å². The zero-order valence-electron chi connectivity index (χ0n) is 9.84. The number of nitrogens with zero attached hydrogens (tertiary/aromatic N) is 1. The molecule has 2 rings (SSSR count). The van der Waals surface area contributed by atoms with E-state index in [0.29, 0.717) is 18.7 Å². The second-order valence-electron chi connectivity index (χ2n) is 4.57. The van der Waals surface area contributed by atoms with E-state index in [9.17, 15) is 15.0 Å². The van der Waals surface area contributed by atoms with Crippen molar-refractivity contribution < 1.29 is 15.0 Å². The SMILES string of the molecule is Cc1ccccc1C(=O)CN1CC(O)C(O)C1. The lowest BCUT2D eigenvalue weighted by Gasteiger charge is -2.14. The number of ketones is 1. The van der Waals surface area contributed by atoms with E-state index in [1.165, 1.54) is 0 Å². The van der Waals surface area contributed by atoms with Crippen molar-refractivity contribution in [1.29, 1.82) is 0 Å². The van der Waals surface area contributed by atoms with E-state index in [2.05, 4.69) is 0 Å². The summed E-state index contributed by atoms with van der Waals surface area (Å²) >= 11 is 0. The van der Waals surface area contributed by atoms with Crippen LogP contribution in [0.2, 0.25) is 0 Å². The zero-order chi connectivity index (χ0) is 12.4. The van der Waals surface area contributed by atoms with E-state index in [1.54, 1.807) is 11.0 Å². The minimum absolute atomic E-state index is 0.0319. The first-order chi connectivity index (χ1) is 8.08. The molecule has 1 aliphatic heterocycles. The lowest BCUT2D eigenvalue weighted by molar-refractivity contribution is 0.0572. The summed E-state index contributed by atoms with van der Waals surface area (Å²) in [6.07, 6.45) is -1.47. The highest BCUT2D eigenvalue weighted by Gasteiger charge is 2.30. The molecule has 0 aliphatic carbocycles. The number of aryl methyl sites for hydroxylation is 1. The van der Waals surface area contributed by atoms with Gasteiger partial charge >= 0.3 is 0 Å². The Morgan fingerprint density at radius 3 is 2.47 bits per heavy atom. The van der Waals surface area contributed by atoms with Crippen LogP contribution in [0.3, 0.4) is 0 Å². The van der Waals surface area contributed by atoms with Crippen LogP contribution in [0.25, 0.3) is 0 Å². The van der Waals surface area contributed by atoms with Gasteiger partial charge in [0.25, 0.3) is 0 Å². The number of Topliss-reactive ketones (excluding diaryl/α,β-unsaturated/α-hetero) is 1. The molecule has 0 bridgehead atoms. The number of carbonyl (C=O) groups excluding carboxylic acids is 1. The van der Waals surface area contributed by atoms with Gasteiger partial charge in [-0.2, -0.15) is 0 Å². The maximum Gasteiger partial charge on any atom is 0.177 e. The first kappa shape index (κ1) is 12.2. The molecular formula is C13H17NO3. The second kappa shape index (κ2) is 4.96. The molecular weight excluding hydrogens is 218 g/mol. The van der Waals surface area contributed by atoms with Crippen LogP contribution in [-0.4, -0.2) is 52.7 Å². The van der Waals surface area contributed by atoms with Crippen LogP contribution >= 0.6 is 0 Å². The Morgan fingerprint density at radius 2 is 1.88 bits per heavy atom. The number of benzene rings is 1. The van der Waals surface area contributed by atoms with Gasteiger partial charge in [-0.1, -0.05) is 24.3 Å². The van der Waals surface area contributed by atoms with Crippen LogP contribution in [0.1, 0.15) is 15.9 Å². The van der Waals surface area contributed by atoms with Gasteiger partial charge in [-0.3, -0.25) is 9.69 Å². The van der Waals surface area contributed by atoms with Crippen molar-refractivity contribution >= 4 is 5.78 Å². The highest BCUT2D eigenvalue weighted by Crippen LogP contribution is 2.13. The van der Waals surface area contributed by atoms with Crippen LogP contribution in [-0.2, 0) is 0 Å². The number of aliphatic hydroxyl groups is 2. The molecule has 4 heteroatoms. The Hall–Kier alpha value is -1.23. The second-order valence-corrected chi connectivity index (χ2v) is 4.57. The molecule has 0 aromatic heterocycles. The van der Waals surface area contributed by atoms with Crippen molar-refractivity contribution in [2.45, 2.75) is 19.1 Å². The number of aliphatic hydroxyl groups excluding tert-OH is 2. The molecule has 2 unspecified atom stereocenters. The topological polar surface area (TPSA) is 60.8 Å². The normalized spacial score (nSPS) is 25.1. The van der Waals surface area contributed by atoms with Gasteiger partial charge < -0.3 is 10.2 Å². The molecule has 1 heterocycles. The summed E-state index contributed by atoms with van der Waals surface area (Å²) in [5, 5.41) is 18.8. The number of hydrogen-bond donors (Lipinski definition) is 2. The van der Waals surface area contributed by atoms with E-state index in [-0.39, 0.29) is 12.3 Å². The molecule has 0 saturated carbocycles. The van der Waals surface area contributed by atoms with Crippen molar-refractivity contribution in [3.05, 3.63) is 35.4 Å². The Kier molecular flexibility index (Phi) is 3.57. The van der Waals surface area contributed by atoms with Crippen LogP contribution in [0.15, 0.2) is 24.3 Å². The molecule has 2 N–H and O–H groups in total. The molecule has 4 nitrogen and oxygen atoms in total. The smallest absolute Gasteiger partial charge is 0.177 e. The van der Waals surface area contributed by atoms with E-state index < -0.39 is 12.2 Å². The van der Waals surface area contributed by atoms with Gasteiger partial charge in [-0.15, -0.1) is 0 Å². The molecule has 2 atom stereocenters. The molecule has 0 amide bonds. The fourth-order valence-corrected chi connectivity index (χ4v) is 2.15. The molecule has 1 fully saturated rings. The predicted octanol–water partition coefficient (Wildman–Crippen LogP) is 0.215. The van der Waals surface area contributed by atoms with E-state index in [4.69, 9.17) is 0 Å². The summed E-state index contributed by atoms with van der Waals surface area (Å²) in [6.45, 7) is 2.87. The highest BCUT2D eigenvalue weighted by atomic mass is 16.3. The monoisotopic (exact) mass is 235 g/mol. The summed E-state index contributed by atoms with van der Waals surface area (Å²) in [5.41, 5.74) is 1.67. The van der Waals surface area contributed by atoms with Crippen molar-refractivity contribution in [1.82, 2.24) is 4.90 Å². The van der Waals surface area contributed by atoms with Gasteiger partial charge in [-0.05, 0) is 12.5 Å². The van der Waals surface area contributed by atoms with Gasteiger partial charge in [0.1, 0.15) is 0 Å². The summed E-state index contributed by atoms with van der Waals surface area (Å²) in [7, 11) is 0. The number of hydrogen-bond acceptors (Lipinski definition) is 4. The van der Waals surface area contributed by atoms with E-state index >= 15 is 0 Å². The summed E-state index contributed by atoms with van der Waals surface area (Å²) in [5.74, 6) is 0.0319. The highest BCUT2D eigenvalue weighted by molar-refractivity contribution is 5.98. The van der Waals surface area contributed by atoms with Gasteiger partial charge in [0, 0.05) is 18.7 Å². The Balaban J connectivity index is 2.01. The molecule has 1 aliphatic rings. The number of carbonyl (C=O) groups is 1. The average Bonchev–Trinajstić information content (AvgIpc) is 2.58. The van der Waals surface area contributed by atoms with Gasteiger partial charge in [-0.25, -0.2) is 0 Å². The predicted molar refractivity (Wildman–Crippen MR) is 64.0 cm³/mol. The maximum absolute atomic E-state index is 12.0. The average molecular weight is 235 g/mol. The molecule has 92 valence electrons. The number of likely N-dealkylation sites (tertiary alicyclic amines) is 1. The third kappa shape index (κ3) is 2.72. The van der Waals surface area contributed by atoms with Crippen LogP contribution < -0.4 is 0 Å². The third-order valence-electron chi connectivity index (χ3n) is 3.15. The summed E-state index contributed by atoms with van der Waals surface area (Å²) in [6, 6.07) is 7.45. The van der Waals surface area contributed by atoms with E-state index in [0.717, 1.165) is 5.56 Å². The number of rotatable bonds is 3. The Labute approximate surface area is 100 Å². The minimum atomic E-state index is -0.736. The summed E-state index contributed by atoms with van der Waals surface area (Å²) in [4.78, 5) is 13.8. The quantitative estimate of drug-likeness (QED) is 0.736. The fraction of sp³-hybridized carbons (Fsp3) is 0.462. The molecule has 17 heavy (non-hydrogen) atoms. The maximum atomic E-state index is 12.0. The van der Waals surface area contributed by atoms with Crippen molar-refractivity contribution in [2.24, 2.45) is 0 Å². The van der Waals surface area contributed by atoms with Crippen molar-refractivity contribution in [3.63, 3.8) is 0 Å². The van der Waals surface area contributed by atoms with Gasteiger partial charge in [0.15, 0.2) is 5.78 Å². The Bertz CT molecular complexity index is 409.